The van der Waals surface area contributed by atoms with Crippen molar-refractivity contribution in [1.82, 2.24) is 9.80 Å². The Labute approximate surface area is 92.2 Å². The fourth-order valence-electron chi connectivity index (χ4n) is 1.38. The molecule has 0 radical (unpaired) electrons. The van der Waals surface area contributed by atoms with E-state index in [-0.39, 0.29) is 11.7 Å². The number of amides is 1. The van der Waals surface area contributed by atoms with E-state index in [2.05, 4.69) is 0 Å². The second-order valence-corrected chi connectivity index (χ2v) is 3.63. The third-order valence-electron chi connectivity index (χ3n) is 2.36. The lowest BCUT2D eigenvalue weighted by Crippen LogP contribution is -2.40. The molecular formula is C11H22N2O2. The van der Waals surface area contributed by atoms with Gasteiger partial charge < -0.3 is 4.90 Å². The number of nitrogens with zero attached hydrogens (tertiary/aromatic N) is 2. The monoisotopic (exact) mass is 214 g/mol. The molecule has 0 aliphatic carbocycles. The quantitative estimate of drug-likeness (QED) is 0.628. The molecule has 4 heteroatoms. The van der Waals surface area contributed by atoms with Crippen LogP contribution in [-0.4, -0.2) is 54.7 Å². The highest BCUT2D eigenvalue weighted by molar-refractivity contribution is 5.82. The van der Waals surface area contributed by atoms with Gasteiger partial charge >= 0.3 is 0 Å². The highest BCUT2D eigenvalue weighted by atomic mass is 16.2. The first-order chi connectivity index (χ1) is 7.04. The smallest absolute Gasteiger partial charge is 0.236 e. The molecule has 4 nitrogen and oxygen atoms in total. The maximum atomic E-state index is 11.7. The van der Waals surface area contributed by atoms with Gasteiger partial charge in [0.05, 0.1) is 13.1 Å². The number of rotatable bonds is 7. The Hall–Kier alpha value is -0.900. The summed E-state index contributed by atoms with van der Waals surface area (Å²) in [6.45, 7) is 7.90. The Morgan fingerprint density at radius 2 is 1.53 bits per heavy atom. The molecule has 0 unspecified atom stereocenters. The molecule has 0 bridgehead atoms. The van der Waals surface area contributed by atoms with Gasteiger partial charge in [-0.3, -0.25) is 14.5 Å². The minimum atomic E-state index is 0.0893. The molecule has 0 aliphatic rings. The van der Waals surface area contributed by atoms with Crippen LogP contribution in [0.25, 0.3) is 0 Å². The van der Waals surface area contributed by atoms with E-state index in [1.807, 2.05) is 20.8 Å². The minimum Gasteiger partial charge on any atom is -0.342 e. The van der Waals surface area contributed by atoms with E-state index >= 15 is 0 Å². The normalized spacial score (nSPS) is 10.5. The molecule has 0 N–H and O–H groups in total. The molecule has 0 aromatic heterocycles. The van der Waals surface area contributed by atoms with Gasteiger partial charge in [0.2, 0.25) is 5.91 Å². The van der Waals surface area contributed by atoms with Crippen LogP contribution in [0, 0.1) is 0 Å². The number of hydrogen-bond acceptors (Lipinski definition) is 3. The van der Waals surface area contributed by atoms with Crippen molar-refractivity contribution in [3.8, 4) is 0 Å². The number of carbonyl (C=O) groups excluding carboxylic acids is 2. The zero-order chi connectivity index (χ0) is 11.8. The lowest BCUT2D eigenvalue weighted by atomic mass is 10.3. The minimum absolute atomic E-state index is 0.0893. The highest BCUT2D eigenvalue weighted by Gasteiger charge is 2.13. The summed E-state index contributed by atoms with van der Waals surface area (Å²) < 4.78 is 0. The van der Waals surface area contributed by atoms with Gasteiger partial charge in [-0.05, 0) is 20.9 Å². The maximum Gasteiger partial charge on any atom is 0.236 e. The molecule has 15 heavy (non-hydrogen) atoms. The van der Waals surface area contributed by atoms with Gasteiger partial charge in [0.1, 0.15) is 5.78 Å². The SMILES string of the molecule is CCC(=O)CN(C)CC(=O)N(CC)CC. The first-order valence-electron chi connectivity index (χ1n) is 5.53. The summed E-state index contributed by atoms with van der Waals surface area (Å²) >= 11 is 0. The van der Waals surface area contributed by atoms with E-state index < -0.39 is 0 Å². The molecule has 88 valence electrons. The number of ketones is 1. The number of hydrogen-bond donors (Lipinski definition) is 0. The van der Waals surface area contributed by atoms with Crippen molar-refractivity contribution in [2.24, 2.45) is 0 Å². The second-order valence-electron chi connectivity index (χ2n) is 3.63. The highest BCUT2D eigenvalue weighted by Crippen LogP contribution is 1.93. The van der Waals surface area contributed by atoms with Gasteiger partial charge in [0, 0.05) is 19.5 Å². The third-order valence-corrected chi connectivity index (χ3v) is 2.36. The van der Waals surface area contributed by atoms with Crippen molar-refractivity contribution in [3.63, 3.8) is 0 Å². The lowest BCUT2D eigenvalue weighted by molar-refractivity contribution is -0.132. The summed E-state index contributed by atoms with van der Waals surface area (Å²) in [5, 5.41) is 0. The van der Waals surface area contributed by atoms with Gasteiger partial charge in [-0.1, -0.05) is 6.92 Å². The Bertz CT molecular complexity index is 213. The number of likely N-dealkylation sites (N-methyl/N-ethyl adjacent to an activating group) is 2. The first kappa shape index (κ1) is 14.1. The predicted molar refractivity (Wildman–Crippen MR) is 60.7 cm³/mol. The Morgan fingerprint density at radius 3 is 1.93 bits per heavy atom. The van der Waals surface area contributed by atoms with Gasteiger partial charge in [-0.25, -0.2) is 0 Å². The molecule has 0 aromatic rings. The molecule has 0 atom stereocenters. The van der Waals surface area contributed by atoms with Crippen LogP contribution in [-0.2, 0) is 9.59 Å². The summed E-state index contributed by atoms with van der Waals surface area (Å²) in [6, 6.07) is 0. The molecule has 0 spiro atoms. The van der Waals surface area contributed by atoms with E-state index in [4.69, 9.17) is 0 Å². The van der Waals surface area contributed by atoms with Crippen LogP contribution in [0.2, 0.25) is 0 Å². The fourth-order valence-corrected chi connectivity index (χ4v) is 1.38. The second kappa shape index (κ2) is 7.40. The summed E-state index contributed by atoms with van der Waals surface area (Å²) in [4.78, 5) is 26.3. The zero-order valence-electron chi connectivity index (χ0n) is 10.2. The van der Waals surface area contributed by atoms with Crippen molar-refractivity contribution >= 4 is 11.7 Å². The molecule has 0 saturated heterocycles. The summed E-state index contributed by atoms with van der Waals surface area (Å²) in [7, 11) is 1.80. The topological polar surface area (TPSA) is 40.6 Å². The van der Waals surface area contributed by atoms with Crippen molar-refractivity contribution in [1.29, 1.82) is 0 Å². The van der Waals surface area contributed by atoms with E-state index in [1.54, 1.807) is 16.8 Å². The van der Waals surface area contributed by atoms with Gasteiger partial charge in [0.15, 0.2) is 0 Å². The van der Waals surface area contributed by atoms with Gasteiger partial charge in [-0.2, -0.15) is 0 Å². The third kappa shape index (κ3) is 5.52. The molecule has 0 rings (SSSR count). The van der Waals surface area contributed by atoms with Crippen LogP contribution in [0.4, 0.5) is 0 Å². The Balaban J connectivity index is 4.00. The molecule has 0 saturated carbocycles. The maximum absolute atomic E-state index is 11.7. The molecule has 0 aromatic carbocycles. The lowest BCUT2D eigenvalue weighted by Gasteiger charge is -2.22. The van der Waals surface area contributed by atoms with Crippen LogP contribution < -0.4 is 0 Å². The van der Waals surface area contributed by atoms with Crippen molar-refractivity contribution in [2.75, 3.05) is 33.2 Å². The molecule has 0 heterocycles. The molecule has 0 fully saturated rings. The zero-order valence-corrected chi connectivity index (χ0v) is 10.2. The van der Waals surface area contributed by atoms with Crippen molar-refractivity contribution in [2.45, 2.75) is 27.2 Å². The van der Waals surface area contributed by atoms with Crippen molar-refractivity contribution in [3.05, 3.63) is 0 Å². The van der Waals surface area contributed by atoms with Crippen LogP contribution in [0.1, 0.15) is 27.2 Å². The Morgan fingerprint density at radius 1 is 1.00 bits per heavy atom. The van der Waals surface area contributed by atoms with Crippen molar-refractivity contribution < 1.29 is 9.59 Å². The summed E-state index contributed by atoms with van der Waals surface area (Å²) in [6.07, 6.45) is 0.532. The average molecular weight is 214 g/mol. The average Bonchev–Trinajstić information content (AvgIpc) is 2.19. The summed E-state index contributed by atoms with van der Waals surface area (Å²) in [5.74, 6) is 0.260. The first-order valence-corrected chi connectivity index (χ1v) is 5.53. The molecular weight excluding hydrogens is 192 g/mol. The van der Waals surface area contributed by atoms with E-state index in [9.17, 15) is 9.59 Å². The predicted octanol–water partition coefficient (Wildman–Crippen LogP) is 0.766. The fraction of sp³-hybridized carbons (Fsp3) is 0.818. The van der Waals surface area contributed by atoms with E-state index in [0.717, 1.165) is 13.1 Å². The molecule has 0 aliphatic heterocycles. The van der Waals surface area contributed by atoms with Gasteiger partial charge in [-0.15, -0.1) is 0 Å². The standard InChI is InChI=1S/C11H22N2O2/c1-5-10(14)8-12(4)9-11(15)13(6-2)7-3/h5-9H2,1-4H3. The largest absolute Gasteiger partial charge is 0.342 e. The Kier molecular flexibility index (Phi) is 6.96. The number of Topliss-reactive ketones (excluding diaryl/α,β-unsaturated/α-hetero) is 1. The van der Waals surface area contributed by atoms with E-state index in [1.165, 1.54) is 0 Å². The number of carbonyl (C=O) groups is 2. The van der Waals surface area contributed by atoms with Gasteiger partial charge in [0.25, 0.3) is 0 Å². The van der Waals surface area contributed by atoms with Crippen LogP contribution >= 0.6 is 0 Å². The van der Waals surface area contributed by atoms with Crippen LogP contribution in [0.5, 0.6) is 0 Å². The van der Waals surface area contributed by atoms with Crippen LogP contribution in [0.15, 0.2) is 0 Å². The molecule has 1 amide bonds. The summed E-state index contributed by atoms with van der Waals surface area (Å²) in [5.41, 5.74) is 0. The van der Waals surface area contributed by atoms with E-state index in [0.29, 0.717) is 19.5 Å². The van der Waals surface area contributed by atoms with Crippen LogP contribution in [0.3, 0.4) is 0 Å².